The summed E-state index contributed by atoms with van der Waals surface area (Å²) in [4.78, 5) is 15.3. The van der Waals surface area contributed by atoms with Gasteiger partial charge in [0.1, 0.15) is 0 Å². The number of para-hydroxylation sites is 2. The van der Waals surface area contributed by atoms with E-state index >= 15 is 0 Å². The number of hydrogen-bond donors (Lipinski definition) is 0. The van der Waals surface area contributed by atoms with Gasteiger partial charge < -0.3 is 8.97 Å². The largest absolute Gasteiger partial charge is 0.309 e. The van der Waals surface area contributed by atoms with E-state index in [9.17, 15) is 0 Å². The van der Waals surface area contributed by atoms with Crippen LogP contribution in [0.5, 0.6) is 0 Å². The van der Waals surface area contributed by atoms with Crippen molar-refractivity contribution in [2.24, 2.45) is 0 Å². The minimum atomic E-state index is 0.646. The van der Waals surface area contributed by atoms with Crippen molar-refractivity contribution >= 4 is 102 Å². The van der Waals surface area contributed by atoms with Crippen molar-refractivity contribution in [3.05, 3.63) is 164 Å². The summed E-state index contributed by atoms with van der Waals surface area (Å²) in [6.07, 6.45) is 0. The van der Waals surface area contributed by atoms with Gasteiger partial charge in [0, 0.05) is 80.3 Å². The molecular formula is C51H27N5S. The van der Waals surface area contributed by atoms with Crippen LogP contribution >= 0.6 is 11.3 Å². The molecule has 0 bridgehead atoms. The lowest BCUT2D eigenvalue weighted by Crippen LogP contribution is -2.00. The van der Waals surface area contributed by atoms with Gasteiger partial charge in [-0.1, -0.05) is 103 Å². The molecule has 0 radical (unpaired) electrons. The Bertz CT molecular complexity index is 3910. The van der Waals surface area contributed by atoms with Crippen LogP contribution in [-0.2, 0) is 0 Å². The smallest absolute Gasteiger partial charge is 0.164 e. The van der Waals surface area contributed by atoms with E-state index in [-0.39, 0.29) is 0 Å². The normalized spacial score (nSPS) is 12.6. The molecule has 6 heteroatoms. The molecular weight excluding hydrogens is 715 g/mol. The molecule has 0 aliphatic carbocycles. The quantitative estimate of drug-likeness (QED) is 0.180. The lowest BCUT2D eigenvalue weighted by atomic mass is 10.0. The number of thiophene rings is 1. The van der Waals surface area contributed by atoms with Gasteiger partial charge in [0.25, 0.3) is 0 Å². The highest BCUT2D eigenvalue weighted by molar-refractivity contribution is 7.25. The van der Waals surface area contributed by atoms with E-state index in [4.69, 9.17) is 15.0 Å². The van der Waals surface area contributed by atoms with Crippen LogP contribution in [0.4, 0.5) is 0 Å². The van der Waals surface area contributed by atoms with E-state index in [1.54, 1.807) is 0 Å². The Morgan fingerprint density at radius 1 is 0.351 bits per heavy atom. The predicted octanol–water partition coefficient (Wildman–Crippen LogP) is 13.5. The zero-order chi connectivity index (χ0) is 36.9. The van der Waals surface area contributed by atoms with Gasteiger partial charge in [-0.05, 0) is 66.0 Å². The number of aromatic nitrogens is 5. The summed E-state index contributed by atoms with van der Waals surface area (Å²) in [7, 11) is 0. The van der Waals surface area contributed by atoms with E-state index in [1.807, 2.05) is 29.5 Å². The SMILES string of the molecule is c1ccc(-c2nc(-c3ccc(-n4c5cccc6c7cccc8c9cccc%10c%11ccc4c(c65)c%11n(c78)c9%10)cc3)nc(-c3ccc4sc5ccccc5c4c3)n2)cc1. The second kappa shape index (κ2) is 10.7. The van der Waals surface area contributed by atoms with Crippen molar-refractivity contribution < 1.29 is 0 Å². The second-order valence-corrected chi connectivity index (χ2v) is 16.2. The summed E-state index contributed by atoms with van der Waals surface area (Å²) in [5.74, 6) is 1.96. The minimum Gasteiger partial charge on any atom is -0.309 e. The Hall–Kier alpha value is -7.41. The third-order valence-electron chi connectivity index (χ3n) is 12.2. The first-order valence-electron chi connectivity index (χ1n) is 19.3. The van der Waals surface area contributed by atoms with Crippen molar-refractivity contribution in [1.82, 2.24) is 23.9 Å². The van der Waals surface area contributed by atoms with Gasteiger partial charge in [0.2, 0.25) is 0 Å². The molecule has 0 N–H and O–H groups in total. The van der Waals surface area contributed by atoms with Crippen molar-refractivity contribution in [3.63, 3.8) is 0 Å². The van der Waals surface area contributed by atoms with Gasteiger partial charge in [0.15, 0.2) is 17.5 Å². The zero-order valence-electron chi connectivity index (χ0n) is 30.2. The van der Waals surface area contributed by atoms with Gasteiger partial charge in [-0.15, -0.1) is 11.3 Å². The molecule has 0 saturated heterocycles. The van der Waals surface area contributed by atoms with Crippen molar-refractivity contribution in [1.29, 1.82) is 0 Å². The third-order valence-corrected chi connectivity index (χ3v) is 13.4. The predicted molar refractivity (Wildman–Crippen MR) is 238 cm³/mol. The molecule has 0 aliphatic rings. The highest BCUT2D eigenvalue weighted by atomic mass is 32.1. The molecule has 5 nitrogen and oxygen atoms in total. The summed E-state index contributed by atoms with van der Waals surface area (Å²) < 4.78 is 7.52. The number of hydrogen-bond acceptors (Lipinski definition) is 4. The Morgan fingerprint density at radius 3 is 1.65 bits per heavy atom. The highest BCUT2D eigenvalue weighted by Crippen LogP contribution is 2.49. The summed E-state index contributed by atoms with van der Waals surface area (Å²) in [5, 5.41) is 12.9. The monoisotopic (exact) mass is 741 g/mol. The van der Waals surface area contributed by atoms with Gasteiger partial charge in [-0.2, -0.15) is 0 Å². The average molecular weight is 742 g/mol. The Labute approximate surface area is 328 Å². The van der Waals surface area contributed by atoms with E-state index in [0.29, 0.717) is 17.5 Å². The van der Waals surface area contributed by atoms with Gasteiger partial charge in [-0.25, -0.2) is 15.0 Å². The van der Waals surface area contributed by atoms with Gasteiger partial charge in [-0.3, -0.25) is 0 Å². The van der Waals surface area contributed by atoms with E-state index in [1.165, 1.54) is 90.8 Å². The van der Waals surface area contributed by atoms with Crippen LogP contribution in [0.15, 0.2) is 164 Å². The maximum absolute atomic E-state index is 5.14. The van der Waals surface area contributed by atoms with Crippen LogP contribution in [0.2, 0.25) is 0 Å². The van der Waals surface area contributed by atoms with Gasteiger partial charge >= 0.3 is 0 Å². The lowest BCUT2D eigenvalue weighted by molar-refractivity contribution is 1.07. The fourth-order valence-electron chi connectivity index (χ4n) is 9.83. The average Bonchev–Trinajstić information content (AvgIpc) is 4.00. The van der Waals surface area contributed by atoms with Crippen LogP contribution in [0.25, 0.3) is 131 Å². The van der Waals surface area contributed by atoms with Crippen LogP contribution < -0.4 is 0 Å². The molecule has 0 aliphatic heterocycles. The zero-order valence-corrected chi connectivity index (χ0v) is 31.0. The standard InChI is InChI=1S/C51H27N5S/c1-2-9-28(10-3-1)49-52-50(54-51(53-49)30-21-26-43-39(27-30)32-11-4-5-18-42(32)57-43)29-19-22-31(23-20-29)55-40-17-8-12-33-34-13-6-14-35-36-15-7-16-37-38-24-25-41(55)45(44(33)40)48(38)56(46(34)35)47(36)37/h1-27H. The molecule has 0 atom stereocenters. The van der Waals surface area contributed by atoms with E-state index < -0.39 is 0 Å². The molecule has 0 saturated carbocycles. The summed E-state index contributed by atoms with van der Waals surface area (Å²) in [5.41, 5.74) is 10.3. The van der Waals surface area contributed by atoms with Gasteiger partial charge in [0.05, 0.1) is 27.6 Å². The molecule has 57 heavy (non-hydrogen) atoms. The molecule has 6 heterocycles. The fraction of sp³-hybridized carbons (Fsp3) is 0. The molecule has 14 rings (SSSR count). The third kappa shape index (κ3) is 3.85. The molecule has 262 valence electrons. The van der Waals surface area contributed by atoms with Crippen LogP contribution in [0.1, 0.15) is 0 Å². The molecule has 14 aromatic rings. The number of fused-ring (bicyclic) bond motifs is 6. The molecule has 6 aromatic heterocycles. The summed E-state index contributed by atoms with van der Waals surface area (Å²) in [6, 6.07) is 59.1. The highest BCUT2D eigenvalue weighted by Gasteiger charge is 2.26. The van der Waals surface area contributed by atoms with E-state index in [2.05, 4.69) is 155 Å². The Morgan fingerprint density at radius 2 is 0.895 bits per heavy atom. The Balaban J connectivity index is 0.978. The maximum atomic E-state index is 5.14. The van der Waals surface area contributed by atoms with Crippen LogP contribution in [-0.4, -0.2) is 23.9 Å². The molecule has 0 spiro atoms. The first-order valence-corrected chi connectivity index (χ1v) is 20.1. The van der Waals surface area contributed by atoms with Crippen LogP contribution in [0, 0.1) is 0 Å². The number of benzene rings is 8. The minimum absolute atomic E-state index is 0.646. The van der Waals surface area contributed by atoms with Crippen molar-refractivity contribution in [2.75, 3.05) is 0 Å². The number of rotatable bonds is 4. The number of nitrogens with zero attached hydrogens (tertiary/aromatic N) is 5. The molecule has 0 amide bonds. The summed E-state index contributed by atoms with van der Waals surface area (Å²) >= 11 is 1.82. The summed E-state index contributed by atoms with van der Waals surface area (Å²) in [6.45, 7) is 0. The Kier molecular flexibility index (Phi) is 5.59. The molecule has 8 aromatic carbocycles. The van der Waals surface area contributed by atoms with E-state index in [0.717, 1.165) is 22.4 Å². The molecule has 0 fully saturated rings. The van der Waals surface area contributed by atoms with Crippen LogP contribution in [0.3, 0.4) is 0 Å². The van der Waals surface area contributed by atoms with Crippen molar-refractivity contribution in [3.8, 4) is 39.9 Å². The topological polar surface area (TPSA) is 48.0 Å². The molecule has 0 unspecified atom stereocenters. The second-order valence-electron chi connectivity index (χ2n) is 15.2. The lowest BCUT2D eigenvalue weighted by Gasteiger charge is -2.11. The fourth-order valence-corrected chi connectivity index (χ4v) is 10.9. The first kappa shape index (κ1) is 29.9. The maximum Gasteiger partial charge on any atom is 0.164 e. The van der Waals surface area contributed by atoms with Crippen molar-refractivity contribution in [2.45, 2.75) is 0 Å². The first-order chi connectivity index (χ1) is 28.3.